The van der Waals surface area contributed by atoms with Crippen LogP contribution in [-0.4, -0.2) is 58.3 Å². The second-order valence-corrected chi connectivity index (χ2v) is 7.39. The summed E-state index contributed by atoms with van der Waals surface area (Å²) < 4.78 is 24.3. The van der Waals surface area contributed by atoms with Crippen LogP contribution in [0.1, 0.15) is 33.1 Å². The molecule has 0 amide bonds. The molecule has 6 heteroatoms. The maximum absolute atomic E-state index is 10.9. The van der Waals surface area contributed by atoms with E-state index in [0.29, 0.717) is 12.6 Å². The van der Waals surface area contributed by atoms with E-state index in [1.54, 1.807) is 0 Å². The number of nitrogens with zero attached hydrogens (tertiary/aromatic N) is 1. The van der Waals surface area contributed by atoms with Gasteiger partial charge in [-0.1, -0.05) is 6.92 Å². The first kappa shape index (κ1) is 16.9. The van der Waals surface area contributed by atoms with E-state index in [9.17, 15) is 8.42 Å². The fourth-order valence-corrected chi connectivity index (χ4v) is 3.14. The second kappa shape index (κ2) is 8.19. The topological polar surface area (TPSA) is 61.4 Å². The van der Waals surface area contributed by atoms with Crippen LogP contribution in [-0.2, 0) is 10.0 Å². The third-order valence-corrected chi connectivity index (χ3v) is 4.61. The number of likely N-dealkylation sites (tertiary alicyclic amines) is 1. The van der Waals surface area contributed by atoms with Gasteiger partial charge in [0, 0.05) is 19.1 Å². The van der Waals surface area contributed by atoms with Crippen LogP contribution in [0.5, 0.6) is 0 Å². The minimum Gasteiger partial charge on any atom is -0.314 e. The molecule has 114 valence electrons. The minimum absolute atomic E-state index is 0.507. The highest BCUT2D eigenvalue weighted by molar-refractivity contribution is 7.88. The van der Waals surface area contributed by atoms with Crippen LogP contribution in [0.3, 0.4) is 0 Å². The molecule has 0 spiro atoms. The third-order valence-electron chi connectivity index (χ3n) is 3.88. The Bertz CT molecular complexity index is 346. The number of sulfonamides is 1. The van der Waals surface area contributed by atoms with E-state index in [2.05, 4.69) is 28.8 Å². The van der Waals surface area contributed by atoms with E-state index in [1.165, 1.54) is 32.2 Å². The minimum atomic E-state index is -3.04. The number of piperidine rings is 1. The number of hydrogen-bond acceptors (Lipinski definition) is 4. The Hall–Kier alpha value is -0.170. The van der Waals surface area contributed by atoms with Crippen molar-refractivity contribution in [3.8, 4) is 0 Å². The molecule has 1 fully saturated rings. The number of nitrogens with one attached hydrogen (secondary N) is 2. The van der Waals surface area contributed by atoms with Gasteiger partial charge >= 0.3 is 0 Å². The van der Waals surface area contributed by atoms with Crippen molar-refractivity contribution >= 4 is 10.0 Å². The van der Waals surface area contributed by atoms with Crippen molar-refractivity contribution in [2.45, 2.75) is 39.2 Å². The molecule has 19 heavy (non-hydrogen) atoms. The molecule has 0 bridgehead atoms. The lowest BCUT2D eigenvalue weighted by Crippen LogP contribution is -2.44. The Morgan fingerprint density at radius 3 is 2.74 bits per heavy atom. The van der Waals surface area contributed by atoms with Gasteiger partial charge in [-0.05, 0) is 51.7 Å². The molecule has 1 saturated heterocycles. The fraction of sp³-hybridized carbons (Fsp3) is 1.00. The summed E-state index contributed by atoms with van der Waals surface area (Å²) in [6, 6.07) is 0.507. The smallest absolute Gasteiger partial charge is 0.208 e. The molecule has 1 aliphatic heterocycles. The second-order valence-electron chi connectivity index (χ2n) is 5.56. The van der Waals surface area contributed by atoms with Crippen LogP contribution in [0, 0.1) is 5.92 Å². The molecule has 0 radical (unpaired) electrons. The van der Waals surface area contributed by atoms with Gasteiger partial charge in [-0.15, -0.1) is 0 Å². The Labute approximate surface area is 118 Å². The molecule has 1 rings (SSSR count). The van der Waals surface area contributed by atoms with Gasteiger partial charge in [0.15, 0.2) is 0 Å². The monoisotopic (exact) mass is 291 g/mol. The van der Waals surface area contributed by atoms with E-state index in [0.717, 1.165) is 25.4 Å². The zero-order valence-electron chi connectivity index (χ0n) is 12.5. The Kier molecular flexibility index (Phi) is 7.28. The van der Waals surface area contributed by atoms with Gasteiger partial charge in [0.1, 0.15) is 0 Å². The Morgan fingerprint density at radius 2 is 2.11 bits per heavy atom. The summed E-state index contributed by atoms with van der Waals surface area (Å²) in [5.41, 5.74) is 0. The summed E-state index contributed by atoms with van der Waals surface area (Å²) in [5.74, 6) is 0.719. The van der Waals surface area contributed by atoms with Crippen molar-refractivity contribution in [1.29, 1.82) is 0 Å². The zero-order valence-corrected chi connectivity index (χ0v) is 13.3. The summed E-state index contributed by atoms with van der Waals surface area (Å²) >= 11 is 0. The average Bonchev–Trinajstić information content (AvgIpc) is 2.37. The van der Waals surface area contributed by atoms with Crippen LogP contribution in [0.4, 0.5) is 0 Å². The van der Waals surface area contributed by atoms with Gasteiger partial charge in [-0.25, -0.2) is 13.1 Å². The average molecular weight is 291 g/mol. The van der Waals surface area contributed by atoms with Gasteiger partial charge in [0.2, 0.25) is 10.0 Å². The highest BCUT2D eigenvalue weighted by Gasteiger charge is 2.23. The summed E-state index contributed by atoms with van der Waals surface area (Å²) in [5, 5.41) is 3.52. The lowest BCUT2D eigenvalue weighted by molar-refractivity contribution is 0.157. The maximum atomic E-state index is 10.9. The number of rotatable bonds is 8. The predicted octanol–water partition coefficient (Wildman–Crippen LogP) is 0.636. The fourth-order valence-electron chi connectivity index (χ4n) is 2.63. The van der Waals surface area contributed by atoms with Crippen molar-refractivity contribution in [1.82, 2.24) is 14.9 Å². The molecular formula is C13H29N3O2S. The molecule has 0 aromatic heterocycles. The van der Waals surface area contributed by atoms with Crippen molar-refractivity contribution in [3.63, 3.8) is 0 Å². The molecule has 0 aromatic rings. The summed E-state index contributed by atoms with van der Waals surface area (Å²) in [6.45, 7) is 9.41. The highest BCUT2D eigenvalue weighted by Crippen LogP contribution is 2.19. The van der Waals surface area contributed by atoms with Gasteiger partial charge in [0.25, 0.3) is 0 Å². The van der Waals surface area contributed by atoms with Crippen molar-refractivity contribution in [3.05, 3.63) is 0 Å². The first-order valence-electron chi connectivity index (χ1n) is 7.32. The van der Waals surface area contributed by atoms with Crippen LogP contribution in [0.15, 0.2) is 0 Å². The Balaban J connectivity index is 2.15. The molecule has 2 atom stereocenters. The molecule has 5 nitrogen and oxygen atoms in total. The SMILES string of the molecule is CCN1CCCC(C(C)NCCCNS(C)(=O)=O)C1. The first-order valence-corrected chi connectivity index (χ1v) is 9.22. The van der Waals surface area contributed by atoms with Crippen LogP contribution in [0.2, 0.25) is 0 Å². The van der Waals surface area contributed by atoms with E-state index in [1.807, 2.05) is 0 Å². The maximum Gasteiger partial charge on any atom is 0.208 e. The molecule has 2 N–H and O–H groups in total. The summed E-state index contributed by atoms with van der Waals surface area (Å²) in [6.07, 6.45) is 4.62. The zero-order chi connectivity index (χ0) is 14.3. The van der Waals surface area contributed by atoms with Crippen LogP contribution in [0.25, 0.3) is 0 Å². The van der Waals surface area contributed by atoms with E-state index < -0.39 is 10.0 Å². The molecule has 0 saturated carbocycles. The van der Waals surface area contributed by atoms with Gasteiger partial charge < -0.3 is 10.2 Å². The lowest BCUT2D eigenvalue weighted by Gasteiger charge is -2.35. The first-order chi connectivity index (χ1) is 8.92. The van der Waals surface area contributed by atoms with Gasteiger partial charge in [-0.3, -0.25) is 0 Å². The summed E-state index contributed by atoms with van der Waals surface area (Å²) in [7, 11) is -3.04. The quantitative estimate of drug-likeness (QED) is 0.644. The Morgan fingerprint density at radius 1 is 1.37 bits per heavy atom. The van der Waals surface area contributed by atoms with Crippen molar-refractivity contribution in [2.75, 3.05) is 39.0 Å². The third kappa shape index (κ3) is 7.25. The molecule has 0 aromatic carbocycles. The molecule has 1 heterocycles. The summed E-state index contributed by atoms with van der Waals surface area (Å²) in [4.78, 5) is 2.51. The van der Waals surface area contributed by atoms with Gasteiger partial charge in [0.05, 0.1) is 6.26 Å². The highest BCUT2D eigenvalue weighted by atomic mass is 32.2. The van der Waals surface area contributed by atoms with E-state index in [4.69, 9.17) is 0 Å². The van der Waals surface area contributed by atoms with Crippen molar-refractivity contribution < 1.29 is 8.42 Å². The van der Waals surface area contributed by atoms with Crippen LogP contribution >= 0.6 is 0 Å². The van der Waals surface area contributed by atoms with E-state index in [-0.39, 0.29) is 0 Å². The van der Waals surface area contributed by atoms with Crippen LogP contribution < -0.4 is 10.0 Å². The predicted molar refractivity (Wildman–Crippen MR) is 79.8 cm³/mol. The molecule has 1 aliphatic rings. The molecular weight excluding hydrogens is 262 g/mol. The lowest BCUT2D eigenvalue weighted by atomic mass is 9.91. The van der Waals surface area contributed by atoms with Gasteiger partial charge in [-0.2, -0.15) is 0 Å². The molecule has 2 unspecified atom stereocenters. The van der Waals surface area contributed by atoms with E-state index >= 15 is 0 Å². The molecule has 0 aliphatic carbocycles. The normalized spacial score (nSPS) is 23.4. The standard InChI is InChI=1S/C13H29N3O2S/c1-4-16-10-5-7-13(11-16)12(2)14-8-6-9-15-19(3,17)18/h12-15H,4-11H2,1-3H3. The van der Waals surface area contributed by atoms with Crippen molar-refractivity contribution in [2.24, 2.45) is 5.92 Å². The largest absolute Gasteiger partial charge is 0.314 e. The number of hydrogen-bond donors (Lipinski definition) is 2.